The predicted octanol–water partition coefficient (Wildman–Crippen LogP) is 4.40. The lowest BCUT2D eigenvalue weighted by atomic mass is 9.86. The molecule has 0 aliphatic carbocycles. The van der Waals surface area contributed by atoms with Gasteiger partial charge in [0.15, 0.2) is 0 Å². The fourth-order valence-corrected chi connectivity index (χ4v) is 4.90. The molecule has 4 nitrogen and oxygen atoms in total. The van der Waals surface area contributed by atoms with Crippen molar-refractivity contribution in [2.45, 2.75) is 38.1 Å². The summed E-state index contributed by atoms with van der Waals surface area (Å²) in [5.74, 6) is 1.55. The van der Waals surface area contributed by atoms with Gasteiger partial charge in [0.05, 0.1) is 32.6 Å². The van der Waals surface area contributed by atoms with E-state index in [1.54, 1.807) is 0 Å². The number of ether oxygens (including phenoxy) is 1. The van der Waals surface area contributed by atoms with Crippen LogP contribution < -0.4 is 4.74 Å². The minimum Gasteiger partial charge on any atom is -0.457 e. The molecule has 28 heavy (non-hydrogen) atoms. The van der Waals surface area contributed by atoms with Crippen LogP contribution in [0.4, 0.5) is 0 Å². The molecule has 148 valence electrons. The van der Waals surface area contributed by atoms with Gasteiger partial charge < -0.3 is 14.1 Å². The van der Waals surface area contributed by atoms with Gasteiger partial charge in [-0.25, -0.2) is 0 Å². The first-order valence-corrected chi connectivity index (χ1v) is 10.5. The fraction of sp³-hybridized carbons (Fsp3) is 0.458. The number of benzene rings is 2. The lowest BCUT2D eigenvalue weighted by Gasteiger charge is -2.43. The van der Waals surface area contributed by atoms with Crippen LogP contribution in [0.3, 0.4) is 0 Å². The smallest absolute Gasteiger partial charge is 0.234 e. The van der Waals surface area contributed by atoms with Crippen molar-refractivity contribution >= 4 is 5.91 Å². The molecular formula is C24H31N2O2+. The Kier molecular flexibility index (Phi) is 5.15. The van der Waals surface area contributed by atoms with Crippen LogP contribution in [-0.4, -0.2) is 55.1 Å². The SMILES string of the molecule is CCC[N+](C)(C)C1CCN(C(=O)C2c3ccccc3Oc3ccccc32)CC1. The lowest BCUT2D eigenvalue weighted by molar-refractivity contribution is -0.916. The van der Waals surface area contributed by atoms with E-state index in [1.807, 2.05) is 48.5 Å². The standard InChI is InChI=1S/C24H31N2O2/c1-4-17-26(2,3)18-13-15-25(16-14-18)24(27)23-19-9-5-7-11-21(19)28-22-12-8-6-10-20(22)23/h5-12,18,23H,4,13-17H2,1-3H3/q+1. The van der Waals surface area contributed by atoms with Crippen molar-refractivity contribution < 1.29 is 14.0 Å². The molecule has 0 N–H and O–H groups in total. The van der Waals surface area contributed by atoms with Gasteiger partial charge >= 0.3 is 0 Å². The molecule has 2 aliphatic rings. The zero-order valence-corrected chi connectivity index (χ0v) is 17.2. The Labute approximate surface area is 168 Å². The van der Waals surface area contributed by atoms with Crippen LogP contribution in [0.2, 0.25) is 0 Å². The highest BCUT2D eigenvalue weighted by molar-refractivity contribution is 5.89. The van der Waals surface area contributed by atoms with E-state index in [4.69, 9.17) is 4.74 Å². The van der Waals surface area contributed by atoms with Crippen molar-refractivity contribution in [1.29, 1.82) is 0 Å². The molecule has 2 heterocycles. The molecule has 0 spiro atoms. The van der Waals surface area contributed by atoms with E-state index in [2.05, 4.69) is 25.9 Å². The number of piperidine rings is 1. The van der Waals surface area contributed by atoms with Crippen LogP contribution >= 0.6 is 0 Å². The van der Waals surface area contributed by atoms with E-state index >= 15 is 0 Å². The largest absolute Gasteiger partial charge is 0.457 e. The summed E-state index contributed by atoms with van der Waals surface area (Å²) in [4.78, 5) is 15.7. The molecule has 1 amide bonds. The number of quaternary nitrogens is 1. The first kappa shape index (κ1) is 19.0. The maximum atomic E-state index is 13.6. The number of hydrogen-bond donors (Lipinski definition) is 0. The van der Waals surface area contributed by atoms with Crippen molar-refractivity contribution in [2.24, 2.45) is 0 Å². The van der Waals surface area contributed by atoms with E-state index in [9.17, 15) is 4.79 Å². The van der Waals surface area contributed by atoms with Gasteiger partial charge in [-0.15, -0.1) is 0 Å². The summed E-state index contributed by atoms with van der Waals surface area (Å²) < 4.78 is 7.12. The van der Waals surface area contributed by atoms with Crippen molar-refractivity contribution in [3.8, 4) is 11.5 Å². The third kappa shape index (κ3) is 3.42. The molecule has 0 saturated carbocycles. The van der Waals surface area contributed by atoms with Crippen molar-refractivity contribution in [3.05, 3.63) is 59.7 Å². The average Bonchev–Trinajstić information content (AvgIpc) is 2.71. The summed E-state index contributed by atoms with van der Waals surface area (Å²) in [7, 11) is 4.66. The molecule has 0 unspecified atom stereocenters. The van der Waals surface area contributed by atoms with E-state index in [0.29, 0.717) is 6.04 Å². The molecule has 0 aromatic heterocycles. The first-order valence-electron chi connectivity index (χ1n) is 10.5. The Hall–Kier alpha value is -2.33. The Bertz CT molecular complexity index is 808. The topological polar surface area (TPSA) is 29.5 Å². The van der Waals surface area contributed by atoms with Crippen LogP contribution in [-0.2, 0) is 4.79 Å². The first-order chi connectivity index (χ1) is 13.5. The summed E-state index contributed by atoms with van der Waals surface area (Å²) in [6.45, 7) is 5.13. The Morgan fingerprint density at radius 3 is 2.07 bits per heavy atom. The van der Waals surface area contributed by atoms with Crippen molar-refractivity contribution in [2.75, 3.05) is 33.7 Å². The normalized spacial score (nSPS) is 17.6. The minimum atomic E-state index is -0.268. The number of carbonyl (C=O) groups is 1. The Morgan fingerprint density at radius 2 is 1.54 bits per heavy atom. The Morgan fingerprint density at radius 1 is 1.00 bits per heavy atom. The summed E-state index contributed by atoms with van der Waals surface area (Å²) in [5.41, 5.74) is 1.96. The second-order valence-electron chi connectivity index (χ2n) is 8.67. The maximum absolute atomic E-state index is 13.6. The van der Waals surface area contributed by atoms with Crippen LogP contribution in [0.25, 0.3) is 0 Å². The molecule has 4 heteroatoms. The summed E-state index contributed by atoms with van der Waals surface area (Å²) in [6, 6.07) is 16.5. The minimum absolute atomic E-state index is 0.211. The molecular weight excluding hydrogens is 348 g/mol. The number of para-hydroxylation sites is 2. The zero-order valence-electron chi connectivity index (χ0n) is 17.2. The highest BCUT2D eigenvalue weighted by atomic mass is 16.5. The second-order valence-corrected chi connectivity index (χ2v) is 8.67. The number of fused-ring (bicyclic) bond motifs is 2. The quantitative estimate of drug-likeness (QED) is 0.737. The highest BCUT2D eigenvalue weighted by Gasteiger charge is 2.38. The average molecular weight is 380 g/mol. The van der Waals surface area contributed by atoms with Gasteiger partial charge in [0.1, 0.15) is 11.5 Å². The Balaban J connectivity index is 1.56. The molecule has 0 bridgehead atoms. The van der Waals surface area contributed by atoms with Gasteiger partial charge in [-0.3, -0.25) is 4.79 Å². The lowest BCUT2D eigenvalue weighted by Crippen LogP contribution is -2.55. The number of carbonyl (C=O) groups excluding carboxylic acids is 1. The number of likely N-dealkylation sites (tertiary alicyclic amines) is 1. The summed E-state index contributed by atoms with van der Waals surface area (Å²) in [6.07, 6.45) is 3.35. The molecule has 1 saturated heterocycles. The number of hydrogen-bond acceptors (Lipinski definition) is 2. The monoisotopic (exact) mass is 379 g/mol. The second kappa shape index (κ2) is 7.59. The van der Waals surface area contributed by atoms with E-state index in [-0.39, 0.29) is 11.8 Å². The van der Waals surface area contributed by atoms with Crippen molar-refractivity contribution in [1.82, 2.24) is 4.90 Å². The third-order valence-corrected chi connectivity index (χ3v) is 6.49. The highest BCUT2D eigenvalue weighted by Crippen LogP contribution is 2.44. The molecule has 2 aromatic carbocycles. The summed E-state index contributed by atoms with van der Waals surface area (Å²) >= 11 is 0. The summed E-state index contributed by atoms with van der Waals surface area (Å²) in [5, 5.41) is 0. The zero-order chi connectivity index (χ0) is 19.7. The van der Waals surface area contributed by atoms with Gasteiger partial charge in [-0.05, 0) is 18.6 Å². The van der Waals surface area contributed by atoms with Crippen LogP contribution in [0.1, 0.15) is 43.2 Å². The van der Waals surface area contributed by atoms with Crippen LogP contribution in [0.5, 0.6) is 11.5 Å². The van der Waals surface area contributed by atoms with Crippen LogP contribution in [0.15, 0.2) is 48.5 Å². The van der Waals surface area contributed by atoms with Gasteiger partial charge in [0.25, 0.3) is 0 Å². The third-order valence-electron chi connectivity index (χ3n) is 6.49. The maximum Gasteiger partial charge on any atom is 0.234 e. The number of nitrogens with zero attached hydrogens (tertiary/aromatic N) is 2. The van der Waals surface area contributed by atoms with Gasteiger partial charge in [0.2, 0.25) is 5.91 Å². The van der Waals surface area contributed by atoms with Gasteiger partial charge in [-0.1, -0.05) is 43.3 Å². The fourth-order valence-electron chi connectivity index (χ4n) is 4.90. The van der Waals surface area contributed by atoms with E-state index in [0.717, 1.165) is 53.0 Å². The van der Waals surface area contributed by atoms with Gasteiger partial charge in [0, 0.05) is 37.1 Å². The predicted molar refractivity (Wildman–Crippen MR) is 112 cm³/mol. The molecule has 4 rings (SSSR count). The molecule has 1 fully saturated rings. The number of rotatable bonds is 4. The molecule has 0 radical (unpaired) electrons. The molecule has 2 aliphatic heterocycles. The molecule has 0 atom stereocenters. The van der Waals surface area contributed by atoms with Gasteiger partial charge in [-0.2, -0.15) is 0 Å². The van der Waals surface area contributed by atoms with Crippen molar-refractivity contribution in [3.63, 3.8) is 0 Å². The van der Waals surface area contributed by atoms with E-state index in [1.165, 1.54) is 13.0 Å². The molecule has 2 aromatic rings. The van der Waals surface area contributed by atoms with E-state index < -0.39 is 0 Å². The van der Waals surface area contributed by atoms with Crippen LogP contribution in [0, 0.1) is 0 Å². The number of amides is 1.